The maximum Gasteiger partial charge on any atom is 1.00 e. The molecule has 0 radical (unpaired) electrons. The molecule has 2 nitrogen and oxygen atoms in total. The van der Waals surface area contributed by atoms with Crippen molar-refractivity contribution in [2.45, 2.75) is 53.5 Å². The van der Waals surface area contributed by atoms with Crippen molar-refractivity contribution in [3.8, 4) is 0 Å². The maximum absolute atomic E-state index is 5.37. The Morgan fingerprint density at radius 3 is 1.93 bits per heavy atom. The van der Waals surface area contributed by atoms with Crippen LogP contribution in [0.5, 0.6) is 0 Å². The zero-order chi connectivity index (χ0) is 11.6. The third-order valence-electron chi connectivity index (χ3n) is 2.58. The van der Waals surface area contributed by atoms with Crippen LogP contribution in [0.15, 0.2) is 0 Å². The van der Waals surface area contributed by atoms with Crippen LogP contribution in [0.25, 0.3) is 0 Å². The van der Waals surface area contributed by atoms with Crippen LogP contribution in [0.4, 0.5) is 0 Å². The van der Waals surface area contributed by atoms with Crippen LogP contribution in [0, 0.1) is 12.3 Å². The van der Waals surface area contributed by atoms with Gasteiger partial charge < -0.3 is 17.5 Å². The summed E-state index contributed by atoms with van der Waals surface area (Å²) in [5.41, 5.74) is 5.59. The van der Waals surface area contributed by atoms with Crippen molar-refractivity contribution in [2.24, 2.45) is 11.7 Å². The minimum Gasteiger partial charge on any atom is -0.332 e. The molecule has 0 saturated heterocycles. The number of unbranched alkanes of at least 4 members (excludes halogenated alkanes) is 1. The molecule has 88 valence electrons. The van der Waals surface area contributed by atoms with E-state index in [0.717, 1.165) is 13.1 Å². The van der Waals surface area contributed by atoms with Crippen molar-refractivity contribution in [3.05, 3.63) is 6.42 Å². The van der Waals surface area contributed by atoms with Gasteiger partial charge in [-0.05, 0) is 19.8 Å². The van der Waals surface area contributed by atoms with Gasteiger partial charge in [0.05, 0.1) is 0 Å². The molecule has 0 aliphatic carbocycles. The average Bonchev–Trinajstić information content (AvgIpc) is 2.15. The van der Waals surface area contributed by atoms with Crippen molar-refractivity contribution in [1.29, 1.82) is 0 Å². The molecule has 0 aromatic rings. The van der Waals surface area contributed by atoms with Crippen molar-refractivity contribution in [2.75, 3.05) is 13.1 Å². The maximum atomic E-state index is 5.37. The van der Waals surface area contributed by atoms with Crippen LogP contribution in [-0.4, -0.2) is 18.6 Å². The Labute approximate surface area is 109 Å². The molecule has 0 aromatic carbocycles. The molecule has 0 aromatic heterocycles. The molecule has 15 heavy (non-hydrogen) atoms. The number of rotatable bonds is 5. The van der Waals surface area contributed by atoms with E-state index >= 15 is 0 Å². The first-order valence-corrected chi connectivity index (χ1v) is 5.65. The smallest absolute Gasteiger partial charge is 0.332 e. The fourth-order valence-corrected chi connectivity index (χ4v) is 0.598. The van der Waals surface area contributed by atoms with E-state index in [9.17, 15) is 0 Å². The number of nitrogens with one attached hydrogen (secondary N) is 1. The van der Waals surface area contributed by atoms with E-state index in [4.69, 9.17) is 5.73 Å². The predicted octanol–water partition coefficient (Wildman–Crippen LogP) is -0.406. The fraction of sp³-hybridized carbons (Fsp3) is 0.917. The van der Waals surface area contributed by atoms with Crippen LogP contribution in [0.3, 0.4) is 0 Å². The summed E-state index contributed by atoms with van der Waals surface area (Å²) in [6.07, 6.45) is 3.32. The second-order valence-corrected chi connectivity index (χ2v) is 4.41. The summed E-state index contributed by atoms with van der Waals surface area (Å²) in [5, 5.41) is 3.38. The molecule has 0 unspecified atom stereocenters. The third kappa shape index (κ3) is 14.5. The Balaban J connectivity index is -0.000000249. The third-order valence-corrected chi connectivity index (χ3v) is 2.58. The summed E-state index contributed by atoms with van der Waals surface area (Å²) in [6, 6.07) is 0. The molecule has 0 bridgehead atoms. The number of hydrogen-bond donors (Lipinski definition) is 2. The van der Waals surface area contributed by atoms with E-state index in [1.54, 1.807) is 0 Å². The molecular formula is C12H29LiN2. The van der Waals surface area contributed by atoms with Crippen LogP contribution in [-0.2, 0) is 0 Å². The van der Waals surface area contributed by atoms with Crippen LogP contribution in [0.1, 0.15) is 48.0 Å². The normalized spacial score (nSPS) is 10.4. The Morgan fingerprint density at radius 1 is 1.33 bits per heavy atom. The van der Waals surface area contributed by atoms with E-state index in [0.29, 0.717) is 5.92 Å². The minimum atomic E-state index is 0. The average molecular weight is 208 g/mol. The van der Waals surface area contributed by atoms with Crippen molar-refractivity contribution >= 4 is 0 Å². The summed E-state index contributed by atoms with van der Waals surface area (Å²) < 4.78 is 0. The Hall–Kier alpha value is 0.517. The molecule has 3 heteroatoms. The first-order chi connectivity index (χ1) is 6.42. The second kappa shape index (κ2) is 12.6. The SMILES string of the molecule is CC(C)C(C)(C)NCCN.C[CH-]CC.[Li+]. The Morgan fingerprint density at radius 2 is 1.73 bits per heavy atom. The van der Waals surface area contributed by atoms with Gasteiger partial charge in [-0.1, -0.05) is 20.8 Å². The molecule has 0 fully saturated rings. The fourth-order valence-electron chi connectivity index (χ4n) is 0.598. The van der Waals surface area contributed by atoms with Crippen molar-refractivity contribution < 1.29 is 18.9 Å². The molecule has 0 heterocycles. The van der Waals surface area contributed by atoms with Gasteiger partial charge in [-0.2, -0.15) is 13.3 Å². The number of hydrogen-bond acceptors (Lipinski definition) is 2. The first kappa shape index (κ1) is 20.9. The quantitative estimate of drug-likeness (QED) is 0.476. The summed E-state index contributed by atoms with van der Waals surface area (Å²) in [6.45, 7) is 14.6. The topological polar surface area (TPSA) is 38.0 Å². The Bertz CT molecular complexity index is 112. The molecule has 0 rings (SSSR count). The monoisotopic (exact) mass is 208 g/mol. The van der Waals surface area contributed by atoms with E-state index < -0.39 is 0 Å². The standard InChI is InChI=1S/C8H20N2.C4H9.Li/c1-7(2)8(3,4)10-6-5-9;1-3-4-2;/h7,10H,5-6,9H2,1-4H3;3H,4H2,1-2H3;/q;-1;+1. The largest absolute Gasteiger partial charge is 1.00 e. The zero-order valence-corrected chi connectivity index (χ0v) is 11.9. The van der Waals surface area contributed by atoms with E-state index in [2.05, 4.69) is 53.3 Å². The van der Waals surface area contributed by atoms with Gasteiger partial charge in [-0.15, -0.1) is 0 Å². The van der Waals surface area contributed by atoms with E-state index in [1.165, 1.54) is 6.42 Å². The van der Waals surface area contributed by atoms with Gasteiger partial charge in [0.2, 0.25) is 0 Å². The molecule has 0 aliphatic rings. The predicted molar refractivity (Wildman–Crippen MR) is 66.2 cm³/mol. The van der Waals surface area contributed by atoms with Crippen LogP contribution >= 0.6 is 0 Å². The molecule has 0 saturated carbocycles. The van der Waals surface area contributed by atoms with Gasteiger partial charge in [-0.25, -0.2) is 0 Å². The van der Waals surface area contributed by atoms with Crippen LogP contribution < -0.4 is 29.9 Å². The Kier molecular flexibility index (Phi) is 17.5. The number of nitrogens with two attached hydrogens (primary N) is 1. The molecule has 0 amide bonds. The first-order valence-electron chi connectivity index (χ1n) is 5.65. The molecule has 3 N–H and O–H groups in total. The van der Waals surface area contributed by atoms with Gasteiger partial charge in [0.15, 0.2) is 0 Å². The van der Waals surface area contributed by atoms with Gasteiger partial charge in [0.1, 0.15) is 0 Å². The summed E-state index contributed by atoms with van der Waals surface area (Å²) in [5.74, 6) is 0.652. The van der Waals surface area contributed by atoms with Gasteiger partial charge >= 0.3 is 18.9 Å². The minimum absolute atomic E-state index is 0. The van der Waals surface area contributed by atoms with Crippen molar-refractivity contribution in [1.82, 2.24) is 5.32 Å². The summed E-state index contributed by atoms with van der Waals surface area (Å²) >= 11 is 0. The van der Waals surface area contributed by atoms with Gasteiger partial charge in [0.25, 0.3) is 0 Å². The van der Waals surface area contributed by atoms with Crippen molar-refractivity contribution in [3.63, 3.8) is 0 Å². The van der Waals surface area contributed by atoms with E-state index in [1.807, 2.05) is 0 Å². The summed E-state index contributed by atoms with van der Waals surface area (Å²) in [4.78, 5) is 0. The summed E-state index contributed by atoms with van der Waals surface area (Å²) in [7, 11) is 0. The van der Waals surface area contributed by atoms with Crippen LogP contribution in [0.2, 0.25) is 0 Å². The second-order valence-electron chi connectivity index (χ2n) is 4.41. The molecule has 0 atom stereocenters. The van der Waals surface area contributed by atoms with E-state index in [-0.39, 0.29) is 24.4 Å². The van der Waals surface area contributed by atoms with Gasteiger partial charge in [0, 0.05) is 18.6 Å². The molecular weight excluding hydrogens is 179 g/mol. The molecule has 0 spiro atoms. The van der Waals surface area contributed by atoms with Gasteiger partial charge in [-0.3, -0.25) is 0 Å². The zero-order valence-electron chi connectivity index (χ0n) is 11.9. The molecule has 0 aliphatic heterocycles.